The normalized spacial score (nSPS) is 10.2. The Hall–Kier alpha value is -1.62. The Balaban J connectivity index is 2.66. The van der Waals surface area contributed by atoms with E-state index in [4.69, 9.17) is 16.6 Å². The molecule has 66 valence electrons. The molecule has 0 aromatic carbocycles. The third-order valence-electron chi connectivity index (χ3n) is 1.55. The standard InChI is InChI=1S/C8H6N2O2S/c11-7-4-5(9-8(13)10-7)6-2-1-3-12-6/h1-4H,(H2,9,10,11,13). The second-order valence-electron chi connectivity index (χ2n) is 2.48. The summed E-state index contributed by atoms with van der Waals surface area (Å²) in [4.78, 5) is 16.3. The summed E-state index contributed by atoms with van der Waals surface area (Å²) in [6.45, 7) is 0. The molecule has 2 N–H and O–H groups in total. The van der Waals surface area contributed by atoms with Gasteiger partial charge in [0.1, 0.15) is 5.76 Å². The molecule has 0 radical (unpaired) electrons. The van der Waals surface area contributed by atoms with Crippen LogP contribution >= 0.6 is 12.2 Å². The molecule has 2 heterocycles. The van der Waals surface area contributed by atoms with Crippen LogP contribution in [0, 0.1) is 4.77 Å². The summed E-state index contributed by atoms with van der Waals surface area (Å²) in [7, 11) is 0. The Bertz CT molecular complexity index is 481. The van der Waals surface area contributed by atoms with Gasteiger partial charge in [0.15, 0.2) is 4.77 Å². The van der Waals surface area contributed by atoms with Gasteiger partial charge in [0.2, 0.25) is 0 Å². The summed E-state index contributed by atoms with van der Waals surface area (Å²) in [5, 5.41) is 0. The number of furan rings is 1. The lowest BCUT2D eigenvalue weighted by Gasteiger charge is -1.94. The van der Waals surface area contributed by atoms with E-state index < -0.39 is 0 Å². The van der Waals surface area contributed by atoms with Gasteiger partial charge in [0, 0.05) is 6.07 Å². The predicted octanol–water partition coefficient (Wildman–Crippen LogP) is 1.69. The monoisotopic (exact) mass is 194 g/mol. The molecule has 0 bridgehead atoms. The van der Waals surface area contributed by atoms with Crippen molar-refractivity contribution in [2.75, 3.05) is 0 Å². The molecule has 0 aliphatic heterocycles. The minimum absolute atomic E-state index is 0.241. The van der Waals surface area contributed by atoms with Gasteiger partial charge in [-0.2, -0.15) is 0 Å². The fourth-order valence-corrected chi connectivity index (χ4v) is 1.24. The molecule has 4 nitrogen and oxygen atoms in total. The molecular formula is C8H6N2O2S. The first-order chi connectivity index (χ1) is 6.25. The maximum Gasteiger partial charge on any atom is 0.252 e. The molecule has 0 saturated carbocycles. The third-order valence-corrected chi connectivity index (χ3v) is 1.75. The molecule has 0 atom stereocenters. The van der Waals surface area contributed by atoms with E-state index in [0.29, 0.717) is 16.2 Å². The quantitative estimate of drug-likeness (QED) is 0.679. The van der Waals surface area contributed by atoms with Crippen LogP contribution in [0.1, 0.15) is 0 Å². The molecule has 2 aromatic rings. The summed E-state index contributed by atoms with van der Waals surface area (Å²) in [5.74, 6) is 0.595. The van der Waals surface area contributed by atoms with Gasteiger partial charge in [-0.25, -0.2) is 0 Å². The maximum atomic E-state index is 11.0. The van der Waals surface area contributed by atoms with E-state index in [9.17, 15) is 4.79 Å². The van der Waals surface area contributed by atoms with E-state index >= 15 is 0 Å². The van der Waals surface area contributed by atoms with Crippen LogP contribution in [0.2, 0.25) is 0 Å². The summed E-state index contributed by atoms with van der Waals surface area (Å²) in [5.41, 5.74) is 0.342. The Morgan fingerprint density at radius 2 is 2.23 bits per heavy atom. The van der Waals surface area contributed by atoms with Crippen molar-refractivity contribution in [2.24, 2.45) is 0 Å². The first kappa shape index (κ1) is 8.00. The summed E-state index contributed by atoms with van der Waals surface area (Å²) in [6, 6.07) is 4.89. The van der Waals surface area contributed by atoms with Gasteiger partial charge in [-0.3, -0.25) is 9.78 Å². The van der Waals surface area contributed by atoms with Gasteiger partial charge in [0.25, 0.3) is 5.56 Å². The molecule has 13 heavy (non-hydrogen) atoms. The van der Waals surface area contributed by atoms with Crippen LogP contribution in [0.3, 0.4) is 0 Å². The highest BCUT2D eigenvalue weighted by Gasteiger charge is 2.00. The van der Waals surface area contributed by atoms with Crippen LogP contribution in [0.25, 0.3) is 11.5 Å². The van der Waals surface area contributed by atoms with Gasteiger partial charge in [0.05, 0.1) is 12.0 Å². The highest BCUT2D eigenvalue weighted by atomic mass is 32.1. The minimum atomic E-state index is -0.241. The highest BCUT2D eigenvalue weighted by Crippen LogP contribution is 2.14. The van der Waals surface area contributed by atoms with Crippen molar-refractivity contribution in [1.29, 1.82) is 0 Å². The van der Waals surface area contributed by atoms with Gasteiger partial charge in [-0.05, 0) is 24.4 Å². The van der Waals surface area contributed by atoms with E-state index in [2.05, 4.69) is 9.97 Å². The first-order valence-corrected chi connectivity index (χ1v) is 4.04. The van der Waals surface area contributed by atoms with E-state index in [-0.39, 0.29) is 5.56 Å². The van der Waals surface area contributed by atoms with Crippen molar-refractivity contribution >= 4 is 12.2 Å². The molecule has 0 aliphatic carbocycles. The molecular weight excluding hydrogens is 188 g/mol. The topological polar surface area (TPSA) is 61.8 Å². The molecule has 2 aromatic heterocycles. The highest BCUT2D eigenvalue weighted by molar-refractivity contribution is 7.71. The van der Waals surface area contributed by atoms with Crippen LogP contribution in [0.15, 0.2) is 33.7 Å². The second-order valence-corrected chi connectivity index (χ2v) is 2.89. The van der Waals surface area contributed by atoms with Crippen LogP contribution in [0.5, 0.6) is 0 Å². The largest absolute Gasteiger partial charge is 0.463 e. The SMILES string of the molecule is O=c1cc(-c2ccco2)[nH]c(=S)[nH]1. The molecule has 2 rings (SSSR count). The molecule has 0 unspecified atom stereocenters. The van der Waals surface area contributed by atoms with Crippen LogP contribution < -0.4 is 5.56 Å². The molecule has 5 heteroatoms. The smallest absolute Gasteiger partial charge is 0.252 e. The summed E-state index contributed by atoms with van der Waals surface area (Å²) >= 11 is 4.81. The van der Waals surface area contributed by atoms with Crippen molar-refractivity contribution in [2.45, 2.75) is 0 Å². The second kappa shape index (κ2) is 3.02. The van der Waals surface area contributed by atoms with Crippen LogP contribution in [-0.4, -0.2) is 9.97 Å². The van der Waals surface area contributed by atoms with E-state index in [0.717, 1.165) is 0 Å². The number of aromatic amines is 2. The van der Waals surface area contributed by atoms with Crippen molar-refractivity contribution < 1.29 is 4.42 Å². The lowest BCUT2D eigenvalue weighted by molar-refractivity contribution is 0.579. The lowest BCUT2D eigenvalue weighted by atomic mass is 10.3. The Morgan fingerprint density at radius 3 is 2.85 bits per heavy atom. The number of H-pyrrole nitrogens is 2. The third kappa shape index (κ3) is 1.59. The van der Waals surface area contributed by atoms with Gasteiger partial charge in [-0.15, -0.1) is 0 Å². The Morgan fingerprint density at radius 1 is 1.38 bits per heavy atom. The number of aromatic nitrogens is 2. The number of rotatable bonds is 1. The van der Waals surface area contributed by atoms with E-state index in [1.165, 1.54) is 12.3 Å². The zero-order valence-corrected chi connectivity index (χ0v) is 7.35. The predicted molar refractivity (Wildman–Crippen MR) is 49.9 cm³/mol. The van der Waals surface area contributed by atoms with Gasteiger partial charge in [-0.1, -0.05) is 0 Å². The number of hydrogen-bond acceptors (Lipinski definition) is 3. The first-order valence-electron chi connectivity index (χ1n) is 3.63. The Kier molecular flexibility index (Phi) is 1.86. The molecule has 0 amide bonds. The lowest BCUT2D eigenvalue weighted by Crippen LogP contribution is -2.05. The fourth-order valence-electron chi connectivity index (χ4n) is 1.03. The zero-order chi connectivity index (χ0) is 9.26. The van der Waals surface area contributed by atoms with Crippen molar-refractivity contribution in [3.8, 4) is 11.5 Å². The average molecular weight is 194 g/mol. The number of hydrogen-bond donors (Lipinski definition) is 2. The van der Waals surface area contributed by atoms with Gasteiger partial charge >= 0.3 is 0 Å². The van der Waals surface area contributed by atoms with Crippen molar-refractivity contribution in [3.05, 3.63) is 39.6 Å². The number of nitrogens with one attached hydrogen (secondary N) is 2. The van der Waals surface area contributed by atoms with E-state index in [1.807, 2.05) is 0 Å². The molecule has 0 saturated heterocycles. The van der Waals surface area contributed by atoms with Crippen molar-refractivity contribution in [3.63, 3.8) is 0 Å². The average Bonchev–Trinajstić information content (AvgIpc) is 2.53. The van der Waals surface area contributed by atoms with Crippen LogP contribution in [0.4, 0.5) is 0 Å². The maximum absolute atomic E-state index is 11.0. The van der Waals surface area contributed by atoms with E-state index in [1.54, 1.807) is 12.1 Å². The van der Waals surface area contributed by atoms with Gasteiger partial charge < -0.3 is 9.40 Å². The summed E-state index contributed by atoms with van der Waals surface area (Å²) < 4.78 is 5.39. The zero-order valence-electron chi connectivity index (χ0n) is 6.53. The van der Waals surface area contributed by atoms with Crippen molar-refractivity contribution in [1.82, 2.24) is 9.97 Å². The Labute approximate surface area is 78.2 Å². The van der Waals surface area contributed by atoms with Crippen LogP contribution in [-0.2, 0) is 0 Å². The molecule has 0 spiro atoms. The molecule has 0 aliphatic rings. The molecule has 0 fully saturated rings. The summed E-state index contributed by atoms with van der Waals surface area (Å²) in [6.07, 6.45) is 1.54. The minimum Gasteiger partial charge on any atom is -0.463 e. The fraction of sp³-hybridized carbons (Fsp3) is 0.